The summed E-state index contributed by atoms with van der Waals surface area (Å²) in [4.78, 5) is 19.0. The summed E-state index contributed by atoms with van der Waals surface area (Å²) in [5.74, 6) is 0.709. The molecule has 0 aromatic heterocycles. The van der Waals surface area contributed by atoms with Gasteiger partial charge in [0.05, 0.1) is 22.9 Å². The molecule has 1 heterocycles. The topological polar surface area (TPSA) is 59.8 Å². The summed E-state index contributed by atoms with van der Waals surface area (Å²) in [6.45, 7) is 8.81. The van der Waals surface area contributed by atoms with Gasteiger partial charge in [0.15, 0.2) is 5.11 Å². The van der Waals surface area contributed by atoms with Gasteiger partial charge in [0, 0.05) is 12.6 Å². The van der Waals surface area contributed by atoms with Crippen LogP contribution in [0.1, 0.15) is 56.3 Å². The minimum atomic E-state index is -0.799. The van der Waals surface area contributed by atoms with Gasteiger partial charge in [-0.05, 0) is 95.3 Å². The SMILES string of the molecule is CCC(c1ccc(OCCCN2C(=S)N(c3ccc(C#N)c(Cl)c3C)C(=O)C2(C)C)cc1)N(C)C. The number of ether oxygens (including phenoxy) is 1. The molecular weight excluding hydrogens is 480 g/mol. The summed E-state index contributed by atoms with van der Waals surface area (Å²) < 4.78 is 5.97. The van der Waals surface area contributed by atoms with E-state index in [-0.39, 0.29) is 5.91 Å². The lowest BCUT2D eigenvalue weighted by Gasteiger charge is -2.29. The van der Waals surface area contributed by atoms with E-state index < -0.39 is 5.54 Å². The standard InChI is InChI=1S/C27H33ClN4O2S/c1-7-22(30(5)6)19-9-12-21(13-10-19)34-16-8-15-31-26(35)32(25(33)27(31,3)4)23-14-11-20(17-29)24(28)18(23)2/h9-14,22H,7-8,15-16H2,1-6H3. The predicted octanol–water partition coefficient (Wildman–Crippen LogP) is 5.71. The molecule has 0 radical (unpaired) electrons. The zero-order valence-corrected chi connectivity index (χ0v) is 22.8. The van der Waals surface area contributed by atoms with E-state index >= 15 is 0 Å². The smallest absolute Gasteiger partial charge is 0.258 e. The number of benzene rings is 2. The maximum Gasteiger partial charge on any atom is 0.258 e. The number of hydrogen-bond donors (Lipinski definition) is 0. The van der Waals surface area contributed by atoms with Crippen LogP contribution in [0.3, 0.4) is 0 Å². The monoisotopic (exact) mass is 512 g/mol. The Kier molecular flexibility index (Phi) is 8.42. The fourth-order valence-electron chi connectivity index (χ4n) is 4.52. The molecule has 2 aromatic carbocycles. The molecule has 1 atom stereocenters. The third-order valence-corrected chi connectivity index (χ3v) is 7.50. The van der Waals surface area contributed by atoms with Gasteiger partial charge in [-0.2, -0.15) is 5.26 Å². The number of nitriles is 1. The second kappa shape index (κ2) is 10.9. The first kappa shape index (κ1) is 26.9. The van der Waals surface area contributed by atoms with Crippen LogP contribution in [0.5, 0.6) is 5.75 Å². The molecule has 1 amide bonds. The highest BCUT2D eigenvalue weighted by Crippen LogP contribution is 2.37. The molecule has 0 aliphatic carbocycles. The van der Waals surface area contributed by atoms with E-state index in [1.165, 1.54) is 10.5 Å². The maximum absolute atomic E-state index is 13.3. The number of rotatable bonds is 9. The number of anilines is 1. The lowest BCUT2D eigenvalue weighted by Crippen LogP contribution is -2.44. The highest BCUT2D eigenvalue weighted by molar-refractivity contribution is 7.80. The molecule has 2 aromatic rings. The van der Waals surface area contributed by atoms with E-state index in [1.54, 1.807) is 19.1 Å². The summed E-state index contributed by atoms with van der Waals surface area (Å²) in [7, 11) is 4.18. The zero-order chi connectivity index (χ0) is 25.9. The van der Waals surface area contributed by atoms with Crippen LogP contribution >= 0.6 is 23.8 Å². The van der Waals surface area contributed by atoms with Crippen molar-refractivity contribution in [2.45, 2.75) is 52.1 Å². The van der Waals surface area contributed by atoms with Crippen LogP contribution < -0.4 is 9.64 Å². The largest absolute Gasteiger partial charge is 0.494 e. The zero-order valence-electron chi connectivity index (χ0n) is 21.3. The van der Waals surface area contributed by atoms with Crippen molar-refractivity contribution >= 4 is 40.5 Å². The summed E-state index contributed by atoms with van der Waals surface area (Å²) >= 11 is 12.1. The summed E-state index contributed by atoms with van der Waals surface area (Å²) in [5, 5.41) is 10.0. The fraction of sp³-hybridized carbons (Fsp3) is 0.444. The molecular formula is C27H33ClN4O2S. The molecule has 1 aliphatic rings. The van der Waals surface area contributed by atoms with Crippen LogP contribution in [0, 0.1) is 18.3 Å². The van der Waals surface area contributed by atoms with Gasteiger partial charge in [0.1, 0.15) is 17.4 Å². The third-order valence-electron chi connectivity index (χ3n) is 6.61. The molecule has 186 valence electrons. The Morgan fingerprint density at radius 2 is 1.86 bits per heavy atom. The lowest BCUT2D eigenvalue weighted by atomic mass is 10.0. The van der Waals surface area contributed by atoms with Crippen LogP contribution in [0.4, 0.5) is 5.69 Å². The van der Waals surface area contributed by atoms with Crippen molar-refractivity contribution in [3.05, 3.63) is 58.1 Å². The van der Waals surface area contributed by atoms with Crippen LogP contribution in [0.25, 0.3) is 0 Å². The van der Waals surface area contributed by atoms with Crippen molar-refractivity contribution in [3.63, 3.8) is 0 Å². The molecule has 1 fully saturated rings. The van der Waals surface area contributed by atoms with E-state index in [4.69, 9.17) is 28.6 Å². The molecule has 0 saturated carbocycles. The van der Waals surface area contributed by atoms with E-state index in [0.717, 1.165) is 12.2 Å². The normalized spacial score (nSPS) is 16.1. The molecule has 35 heavy (non-hydrogen) atoms. The average Bonchev–Trinajstić information content (AvgIpc) is 2.98. The maximum atomic E-state index is 13.3. The van der Waals surface area contributed by atoms with Crippen molar-refractivity contribution in [2.24, 2.45) is 0 Å². The minimum absolute atomic E-state index is 0.116. The first-order chi connectivity index (χ1) is 16.5. The Hall–Kier alpha value is -2.66. The van der Waals surface area contributed by atoms with Crippen molar-refractivity contribution in [3.8, 4) is 11.8 Å². The molecule has 1 unspecified atom stereocenters. The Bertz CT molecular complexity index is 1140. The quantitative estimate of drug-likeness (QED) is 0.316. The number of nitrogens with zero attached hydrogens (tertiary/aromatic N) is 4. The van der Waals surface area contributed by atoms with Gasteiger partial charge < -0.3 is 14.5 Å². The summed E-state index contributed by atoms with van der Waals surface area (Å²) in [6.07, 6.45) is 1.75. The summed E-state index contributed by atoms with van der Waals surface area (Å²) in [5.41, 5.74) is 2.11. The first-order valence-electron chi connectivity index (χ1n) is 11.8. The van der Waals surface area contributed by atoms with Crippen molar-refractivity contribution in [2.75, 3.05) is 32.1 Å². The average molecular weight is 513 g/mol. The van der Waals surface area contributed by atoms with Gasteiger partial charge in [0.25, 0.3) is 5.91 Å². The third kappa shape index (κ3) is 5.30. The number of thiocarbonyl (C=S) groups is 1. The van der Waals surface area contributed by atoms with E-state index in [9.17, 15) is 10.1 Å². The molecule has 0 spiro atoms. The number of halogens is 1. The number of carbonyl (C=O) groups excluding carboxylic acids is 1. The molecule has 1 saturated heterocycles. The van der Waals surface area contributed by atoms with E-state index in [2.05, 4.69) is 44.1 Å². The molecule has 1 aliphatic heterocycles. The van der Waals surface area contributed by atoms with Crippen LogP contribution in [-0.4, -0.2) is 53.6 Å². The number of carbonyl (C=O) groups is 1. The molecule has 0 N–H and O–H groups in total. The van der Waals surface area contributed by atoms with Crippen LogP contribution in [0.15, 0.2) is 36.4 Å². The lowest BCUT2D eigenvalue weighted by molar-refractivity contribution is -0.123. The van der Waals surface area contributed by atoms with E-state index in [1.807, 2.05) is 30.9 Å². The second-order valence-electron chi connectivity index (χ2n) is 9.48. The van der Waals surface area contributed by atoms with Crippen molar-refractivity contribution < 1.29 is 9.53 Å². The van der Waals surface area contributed by atoms with Gasteiger partial charge in [-0.3, -0.25) is 9.69 Å². The van der Waals surface area contributed by atoms with Gasteiger partial charge >= 0.3 is 0 Å². The number of hydrogen-bond acceptors (Lipinski definition) is 5. The predicted molar refractivity (Wildman–Crippen MR) is 145 cm³/mol. The highest BCUT2D eigenvalue weighted by Gasteiger charge is 2.49. The van der Waals surface area contributed by atoms with Crippen molar-refractivity contribution in [1.29, 1.82) is 5.26 Å². The molecule has 6 nitrogen and oxygen atoms in total. The van der Waals surface area contributed by atoms with Crippen LogP contribution in [0.2, 0.25) is 5.02 Å². The van der Waals surface area contributed by atoms with Crippen LogP contribution in [-0.2, 0) is 4.79 Å². The van der Waals surface area contributed by atoms with Gasteiger partial charge in [-0.25, -0.2) is 0 Å². The van der Waals surface area contributed by atoms with Gasteiger partial charge in [-0.15, -0.1) is 0 Å². The Morgan fingerprint density at radius 1 is 1.20 bits per heavy atom. The van der Waals surface area contributed by atoms with Gasteiger partial charge in [0.2, 0.25) is 0 Å². The second-order valence-corrected chi connectivity index (χ2v) is 10.2. The molecule has 0 bridgehead atoms. The summed E-state index contributed by atoms with van der Waals surface area (Å²) in [6, 6.07) is 14.1. The fourth-order valence-corrected chi connectivity index (χ4v) is 5.23. The van der Waals surface area contributed by atoms with Gasteiger partial charge in [-0.1, -0.05) is 30.7 Å². The highest BCUT2D eigenvalue weighted by atomic mass is 35.5. The molecule has 8 heteroatoms. The Morgan fingerprint density at radius 3 is 2.43 bits per heavy atom. The minimum Gasteiger partial charge on any atom is -0.494 e. The number of amides is 1. The Balaban J connectivity index is 1.65. The first-order valence-corrected chi connectivity index (χ1v) is 12.6. The van der Waals surface area contributed by atoms with Crippen molar-refractivity contribution in [1.82, 2.24) is 9.80 Å². The molecule has 3 rings (SSSR count). The van der Waals surface area contributed by atoms with E-state index in [0.29, 0.717) is 52.6 Å². The Labute approximate surface area is 219 Å².